The van der Waals surface area contributed by atoms with Gasteiger partial charge in [-0.25, -0.2) is 0 Å². The molecule has 2 aromatic rings. The second-order valence-corrected chi connectivity index (χ2v) is 5.16. The molecule has 3 rings (SSSR count). The molecule has 2 N–H and O–H groups in total. The van der Waals surface area contributed by atoms with Crippen molar-refractivity contribution in [2.24, 2.45) is 5.73 Å². The van der Waals surface area contributed by atoms with Crippen molar-refractivity contribution in [3.8, 4) is 0 Å². The molecule has 19 heavy (non-hydrogen) atoms. The number of nitrogens with two attached hydrogens (primary N) is 1. The van der Waals surface area contributed by atoms with Gasteiger partial charge in [0.05, 0.1) is 0 Å². The highest BCUT2D eigenvalue weighted by atomic mass is 15.1. The van der Waals surface area contributed by atoms with E-state index < -0.39 is 0 Å². The Labute approximate surface area is 114 Å². The van der Waals surface area contributed by atoms with Gasteiger partial charge in [-0.05, 0) is 42.1 Å². The normalized spacial score (nSPS) is 13.6. The zero-order valence-corrected chi connectivity index (χ0v) is 11.2. The summed E-state index contributed by atoms with van der Waals surface area (Å²) in [6.45, 7) is 2.85. The minimum Gasteiger partial charge on any atom is -0.367 e. The van der Waals surface area contributed by atoms with Gasteiger partial charge in [-0.3, -0.25) is 0 Å². The largest absolute Gasteiger partial charge is 0.367 e. The summed E-state index contributed by atoms with van der Waals surface area (Å²) in [4.78, 5) is 2.47. The maximum atomic E-state index is 5.62. The van der Waals surface area contributed by atoms with E-state index in [1.54, 1.807) is 0 Å². The van der Waals surface area contributed by atoms with Crippen LogP contribution in [-0.4, -0.2) is 13.1 Å². The molecular formula is C17H20N2. The van der Waals surface area contributed by atoms with Gasteiger partial charge in [0.25, 0.3) is 0 Å². The predicted molar refractivity (Wildman–Crippen MR) is 80.4 cm³/mol. The number of benzene rings is 2. The summed E-state index contributed by atoms with van der Waals surface area (Å²) in [5.41, 5.74) is 11.2. The van der Waals surface area contributed by atoms with Gasteiger partial charge in [-0.2, -0.15) is 0 Å². The average Bonchev–Trinajstić information content (AvgIpc) is 2.83. The molecule has 0 amide bonds. The Kier molecular flexibility index (Phi) is 3.51. The summed E-state index contributed by atoms with van der Waals surface area (Å²) < 4.78 is 0. The van der Waals surface area contributed by atoms with E-state index in [1.165, 1.54) is 22.4 Å². The van der Waals surface area contributed by atoms with E-state index in [9.17, 15) is 0 Å². The molecule has 0 aromatic heterocycles. The average molecular weight is 252 g/mol. The molecule has 0 aliphatic carbocycles. The lowest BCUT2D eigenvalue weighted by Gasteiger charge is -2.19. The highest BCUT2D eigenvalue weighted by Crippen LogP contribution is 2.30. The molecule has 2 heteroatoms. The summed E-state index contributed by atoms with van der Waals surface area (Å²) in [5, 5.41) is 0. The molecule has 0 spiro atoms. The second-order valence-electron chi connectivity index (χ2n) is 5.16. The molecule has 0 fully saturated rings. The molecule has 98 valence electrons. The predicted octanol–water partition coefficient (Wildman–Crippen LogP) is 2.75. The van der Waals surface area contributed by atoms with E-state index in [2.05, 4.69) is 53.4 Å². The maximum Gasteiger partial charge on any atom is 0.0429 e. The van der Waals surface area contributed by atoms with Crippen molar-refractivity contribution in [2.45, 2.75) is 19.4 Å². The van der Waals surface area contributed by atoms with E-state index in [4.69, 9.17) is 5.73 Å². The number of rotatable bonds is 4. The first-order valence-corrected chi connectivity index (χ1v) is 6.97. The molecule has 0 atom stereocenters. The molecule has 0 bridgehead atoms. The van der Waals surface area contributed by atoms with Crippen molar-refractivity contribution in [2.75, 3.05) is 18.0 Å². The zero-order chi connectivity index (χ0) is 13.1. The molecule has 0 radical (unpaired) electrons. The first-order chi connectivity index (χ1) is 9.36. The van der Waals surface area contributed by atoms with Gasteiger partial charge in [0.15, 0.2) is 0 Å². The molecule has 2 aromatic carbocycles. The van der Waals surface area contributed by atoms with Crippen LogP contribution in [0.2, 0.25) is 0 Å². The highest BCUT2D eigenvalue weighted by molar-refractivity contribution is 5.59. The van der Waals surface area contributed by atoms with Gasteiger partial charge >= 0.3 is 0 Å². The Morgan fingerprint density at radius 1 is 1.00 bits per heavy atom. The Balaban J connectivity index is 1.79. The van der Waals surface area contributed by atoms with Crippen molar-refractivity contribution in [3.05, 3.63) is 65.2 Å². The highest BCUT2D eigenvalue weighted by Gasteiger charge is 2.19. The molecule has 0 saturated carbocycles. The third-order valence-electron chi connectivity index (χ3n) is 3.78. The van der Waals surface area contributed by atoms with Crippen LogP contribution < -0.4 is 10.6 Å². The number of hydrogen-bond donors (Lipinski definition) is 1. The van der Waals surface area contributed by atoms with Crippen molar-refractivity contribution in [3.63, 3.8) is 0 Å². The van der Waals surface area contributed by atoms with Crippen molar-refractivity contribution >= 4 is 5.69 Å². The number of nitrogens with zero attached hydrogens (tertiary/aromatic N) is 1. The van der Waals surface area contributed by atoms with Crippen molar-refractivity contribution in [1.82, 2.24) is 0 Å². The minimum absolute atomic E-state index is 0.729. The maximum absolute atomic E-state index is 5.62. The monoisotopic (exact) mass is 252 g/mol. The molecular weight excluding hydrogens is 232 g/mol. The Bertz CT molecular complexity index is 548. The number of fused-ring (bicyclic) bond motifs is 1. The molecule has 0 unspecified atom stereocenters. The SMILES string of the molecule is NCCc1ccc2c(c1)CCN2Cc1ccccc1. The topological polar surface area (TPSA) is 29.3 Å². The molecule has 1 heterocycles. The van der Waals surface area contributed by atoms with Gasteiger partial charge in [-0.1, -0.05) is 42.5 Å². The second kappa shape index (κ2) is 5.45. The third-order valence-corrected chi connectivity index (χ3v) is 3.78. The van der Waals surface area contributed by atoms with Crippen LogP contribution in [0.1, 0.15) is 16.7 Å². The molecule has 1 aliphatic rings. The molecule has 2 nitrogen and oxygen atoms in total. The van der Waals surface area contributed by atoms with Crippen LogP contribution in [0.4, 0.5) is 5.69 Å². The van der Waals surface area contributed by atoms with Gasteiger partial charge in [-0.15, -0.1) is 0 Å². The Hall–Kier alpha value is -1.80. The van der Waals surface area contributed by atoms with E-state index in [0.29, 0.717) is 0 Å². The lowest BCUT2D eigenvalue weighted by molar-refractivity contribution is 0.836. The van der Waals surface area contributed by atoms with Gasteiger partial charge in [0, 0.05) is 18.8 Å². The fourth-order valence-electron chi connectivity index (χ4n) is 2.81. The lowest BCUT2D eigenvalue weighted by atomic mass is 10.1. The fourth-order valence-corrected chi connectivity index (χ4v) is 2.81. The van der Waals surface area contributed by atoms with E-state index in [-0.39, 0.29) is 0 Å². The van der Waals surface area contributed by atoms with Crippen LogP contribution in [-0.2, 0) is 19.4 Å². The summed E-state index contributed by atoms with van der Waals surface area (Å²) in [5.74, 6) is 0. The van der Waals surface area contributed by atoms with Gasteiger partial charge in [0.1, 0.15) is 0 Å². The summed E-state index contributed by atoms with van der Waals surface area (Å²) >= 11 is 0. The van der Waals surface area contributed by atoms with E-state index >= 15 is 0 Å². The van der Waals surface area contributed by atoms with E-state index in [0.717, 1.165) is 32.5 Å². The number of hydrogen-bond acceptors (Lipinski definition) is 2. The van der Waals surface area contributed by atoms with Gasteiger partial charge in [0.2, 0.25) is 0 Å². The van der Waals surface area contributed by atoms with Crippen LogP contribution in [0.3, 0.4) is 0 Å². The van der Waals surface area contributed by atoms with Crippen LogP contribution >= 0.6 is 0 Å². The van der Waals surface area contributed by atoms with Crippen LogP contribution in [0, 0.1) is 0 Å². The minimum atomic E-state index is 0.729. The van der Waals surface area contributed by atoms with Crippen molar-refractivity contribution < 1.29 is 0 Å². The standard InChI is InChI=1S/C17H20N2/c18-10-8-14-6-7-17-16(12-14)9-11-19(17)13-15-4-2-1-3-5-15/h1-7,12H,8-11,13,18H2. The molecule has 1 aliphatic heterocycles. The van der Waals surface area contributed by atoms with E-state index in [1.807, 2.05) is 0 Å². The zero-order valence-electron chi connectivity index (χ0n) is 11.2. The lowest BCUT2D eigenvalue weighted by Crippen LogP contribution is -2.19. The first kappa shape index (κ1) is 12.2. The van der Waals surface area contributed by atoms with Crippen LogP contribution in [0.5, 0.6) is 0 Å². The summed E-state index contributed by atoms with van der Waals surface area (Å²) in [6.07, 6.45) is 2.13. The number of anilines is 1. The Morgan fingerprint density at radius 2 is 1.84 bits per heavy atom. The quantitative estimate of drug-likeness (QED) is 0.906. The Morgan fingerprint density at radius 3 is 2.63 bits per heavy atom. The summed E-state index contributed by atoms with van der Waals surface area (Å²) in [6, 6.07) is 17.5. The first-order valence-electron chi connectivity index (χ1n) is 6.97. The van der Waals surface area contributed by atoms with Crippen LogP contribution in [0.15, 0.2) is 48.5 Å². The van der Waals surface area contributed by atoms with Crippen molar-refractivity contribution in [1.29, 1.82) is 0 Å². The molecule has 0 saturated heterocycles. The smallest absolute Gasteiger partial charge is 0.0429 e. The fraction of sp³-hybridized carbons (Fsp3) is 0.294. The third kappa shape index (κ3) is 2.64. The summed E-state index contributed by atoms with van der Waals surface area (Å²) in [7, 11) is 0. The van der Waals surface area contributed by atoms with Crippen LogP contribution in [0.25, 0.3) is 0 Å². The van der Waals surface area contributed by atoms with Gasteiger partial charge < -0.3 is 10.6 Å².